The second-order valence-corrected chi connectivity index (χ2v) is 5.00. The number of rotatable bonds is 1. The van der Waals surface area contributed by atoms with Gasteiger partial charge in [0, 0.05) is 27.6 Å². The largest absolute Gasteiger partial charge is 0.361 e. The fourth-order valence-electron chi connectivity index (χ4n) is 2.35. The van der Waals surface area contributed by atoms with Gasteiger partial charge in [-0.15, -0.1) is 0 Å². The Morgan fingerprint density at radius 2 is 2.27 bits per heavy atom. The third-order valence-corrected chi connectivity index (χ3v) is 3.60. The second-order valence-electron chi connectivity index (χ2n) is 4.08. The van der Waals surface area contributed by atoms with Gasteiger partial charge in [0.15, 0.2) is 0 Å². The molecule has 0 unspecified atom stereocenters. The van der Waals surface area contributed by atoms with Gasteiger partial charge in [-0.2, -0.15) is 0 Å². The van der Waals surface area contributed by atoms with Crippen molar-refractivity contribution >= 4 is 26.8 Å². The van der Waals surface area contributed by atoms with E-state index in [2.05, 4.69) is 50.6 Å². The van der Waals surface area contributed by atoms with Crippen LogP contribution < -0.4 is 5.32 Å². The van der Waals surface area contributed by atoms with Crippen LogP contribution in [0.3, 0.4) is 0 Å². The molecule has 2 N–H and O–H groups in total. The first kappa shape index (κ1) is 9.43. The third kappa shape index (κ3) is 1.60. The quantitative estimate of drug-likeness (QED) is 0.813. The minimum atomic E-state index is 0.535. The summed E-state index contributed by atoms with van der Waals surface area (Å²) < 4.78 is 1.15. The number of halogens is 1. The van der Waals surface area contributed by atoms with E-state index in [1.165, 1.54) is 29.3 Å². The molecule has 1 aliphatic rings. The summed E-state index contributed by atoms with van der Waals surface area (Å²) in [5.41, 5.74) is 2.63. The van der Waals surface area contributed by atoms with E-state index in [4.69, 9.17) is 0 Å². The molecule has 1 atom stereocenters. The molecule has 1 aromatic carbocycles. The Morgan fingerprint density at radius 1 is 1.33 bits per heavy atom. The Bertz CT molecular complexity index is 483. The van der Waals surface area contributed by atoms with E-state index in [9.17, 15) is 0 Å². The van der Waals surface area contributed by atoms with Crippen LogP contribution in [0.15, 0.2) is 28.9 Å². The number of fused-ring (bicyclic) bond motifs is 1. The number of H-pyrrole nitrogens is 1. The predicted octanol–water partition coefficient (Wildman–Crippen LogP) is 3.35. The fraction of sp³-hybridized carbons (Fsp3) is 0.333. The number of nitrogens with one attached hydrogen (secondary N) is 2. The van der Waals surface area contributed by atoms with Crippen molar-refractivity contribution in [2.75, 3.05) is 6.54 Å². The molecule has 15 heavy (non-hydrogen) atoms. The summed E-state index contributed by atoms with van der Waals surface area (Å²) in [7, 11) is 0. The maximum absolute atomic E-state index is 3.54. The smallest absolute Gasteiger partial charge is 0.0458 e. The Morgan fingerprint density at radius 3 is 3.07 bits per heavy atom. The number of benzene rings is 1. The highest BCUT2D eigenvalue weighted by Crippen LogP contribution is 2.31. The fourth-order valence-corrected chi connectivity index (χ4v) is 2.71. The monoisotopic (exact) mass is 264 g/mol. The summed E-state index contributed by atoms with van der Waals surface area (Å²) in [5.74, 6) is 0. The lowest BCUT2D eigenvalue weighted by Crippen LogP contribution is -2.12. The standard InChI is InChI=1S/C12H13BrN2/c13-8-3-4-12-9(6-8)10(7-15-12)11-2-1-5-14-11/h3-4,6-7,11,14-15H,1-2,5H2/t11-/m0/s1. The van der Waals surface area contributed by atoms with E-state index in [1.807, 2.05) is 0 Å². The van der Waals surface area contributed by atoms with Crippen LogP contribution in [0.2, 0.25) is 0 Å². The van der Waals surface area contributed by atoms with Crippen LogP contribution >= 0.6 is 15.9 Å². The highest BCUT2D eigenvalue weighted by atomic mass is 79.9. The third-order valence-electron chi connectivity index (χ3n) is 3.11. The van der Waals surface area contributed by atoms with Gasteiger partial charge in [0.2, 0.25) is 0 Å². The van der Waals surface area contributed by atoms with Crippen molar-refractivity contribution in [1.82, 2.24) is 10.3 Å². The van der Waals surface area contributed by atoms with Crippen molar-refractivity contribution in [2.45, 2.75) is 18.9 Å². The molecule has 0 spiro atoms. The van der Waals surface area contributed by atoms with Crippen molar-refractivity contribution in [3.05, 3.63) is 34.4 Å². The molecular formula is C12H13BrN2. The molecule has 2 heterocycles. The molecule has 0 bridgehead atoms. The summed E-state index contributed by atoms with van der Waals surface area (Å²) in [6.07, 6.45) is 4.67. The summed E-state index contributed by atoms with van der Waals surface area (Å²) in [6, 6.07) is 6.93. The van der Waals surface area contributed by atoms with Crippen LogP contribution in [-0.2, 0) is 0 Å². The summed E-state index contributed by atoms with van der Waals surface area (Å²) in [5, 5.41) is 4.87. The van der Waals surface area contributed by atoms with Crippen molar-refractivity contribution in [1.29, 1.82) is 0 Å². The Hall–Kier alpha value is -0.800. The van der Waals surface area contributed by atoms with E-state index in [0.29, 0.717) is 6.04 Å². The van der Waals surface area contributed by atoms with Crippen LogP contribution in [0.4, 0.5) is 0 Å². The highest BCUT2D eigenvalue weighted by Gasteiger charge is 2.19. The van der Waals surface area contributed by atoms with E-state index in [-0.39, 0.29) is 0 Å². The van der Waals surface area contributed by atoms with Crippen LogP contribution in [0, 0.1) is 0 Å². The van der Waals surface area contributed by atoms with Crippen LogP contribution in [-0.4, -0.2) is 11.5 Å². The molecule has 1 fully saturated rings. The summed E-state index contributed by atoms with van der Waals surface area (Å²) >= 11 is 3.53. The normalized spacial score (nSPS) is 21.3. The molecule has 0 aliphatic carbocycles. The van der Waals surface area contributed by atoms with Crippen LogP contribution in [0.5, 0.6) is 0 Å². The molecular weight excluding hydrogens is 252 g/mol. The topological polar surface area (TPSA) is 27.8 Å². The maximum Gasteiger partial charge on any atom is 0.0458 e. The molecule has 0 radical (unpaired) electrons. The van der Waals surface area contributed by atoms with E-state index >= 15 is 0 Å². The molecule has 3 rings (SSSR count). The Balaban J connectivity index is 2.13. The van der Waals surface area contributed by atoms with Crippen LogP contribution in [0.1, 0.15) is 24.4 Å². The summed E-state index contributed by atoms with van der Waals surface area (Å²) in [6.45, 7) is 1.14. The molecule has 78 valence electrons. The average Bonchev–Trinajstić information content (AvgIpc) is 2.83. The minimum absolute atomic E-state index is 0.535. The Kier molecular flexibility index (Phi) is 2.29. The first-order chi connectivity index (χ1) is 7.34. The average molecular weight is 265 g/mol. The van der Waals surface area contributed by atoms with Gasteiger partial charge in [0.25, 0.3) is 0 Å². The van der Waals surface area contributed by atoms with Crippen molar-refractivity contribution in [2.24, 2.45) is 0 Å². The van der Waals surface area contributed by atoms with Crippen molar-refractivity contribution in [3.8, 4) is 0 Å². The molecule has 2 nitrogen and oxygen atoms in total. The zero-order valence-corrected chi connectivity index (χ0v) is 9.97. The number of aromatic amines is 1. The highest BCUT2D eigenvalue weighted by molar-refractivity contribution is 9.10. The number of hydrogen-bond acceptors (Lipinski definition) is 1. The van der Waals surface area contributed by atoms with Gasteiger partial charge < -0.3 is 10.3 Å². The molecule has 1 aliphatic heterocycles. The second kappa shape index (κ2) is 3.65. The predicted molar refractivity (Wildman–Crippen MR) is 66.0 cm³/mol. The lowest BCUT2D eigenvalue weighted by molar-refractivity contribution is 0.652. The first-order valence-corrected chi connectivity index (χ1v) is 6.14. The molecule has 0 amide bonds. The molecule has 1 aromatic heterocycles. The number of hydrogen-bond donors (Lipinski definition) is 2. The van der Waals surface area contributed by atoms with E-state index < -0.39 is 0 Å². The van der Waals surface area contributed by atoms with Gasteiger partial charge in [0.1, 0.15) is 0 Å². The van der Waals surface area contributed by atoms with Gasteiger partial charge in [-0.25, -0.2) is 0 Å². The van der Waals surface area contributed by atoms with Crippen molar-refractivity contribution < 1.29 is 0 Å². The molecule has 2 aromatic rings. The number of aromatic nitrogens is 1. The van der Waals surface area contributed by atoms with E-state index in [0.717, 1.165) is 11.0 Å². The SMILES string of the molecule is Brc1ccc2[nH]cc([C@@H]3CCCN3)c2c1. The zero-order chi connectivity index (χ0) is 10.3. The van der Waals surface area contributed by atoms with Crippen molar-refractivity contribution in [3.63, 3.8) is 0 Å². The lowest BCUT2D eigenvalue weighted by atomic mass is 10.0. The van der Waals surface area contributed by atoms with Gasteiger partial charge in [-0.3, -0.25) is 0 Å². The minimum Gasteiger partial charge on any atom is -0.361 e. The van der Waals surface area contributed by atoms with E-state index in [1.54, 1.807) is 0 Å². The van der Waals surface area contributed by atoms with Gasteiger partial charge in [-0.1, -0.05) is 15.9 Å². The van der Waals surface area contributed by atoms with Gasteiger partial charge in [0.05, 0.1) is 0 Å². The Labute approximate surface area is 97.2 Å². The first-order valence-electron chi connectivity index (χ1n) is 5.34. The molecule has 0 saturated carbocycles. The van der Waals surface area contributed by atoms with Gasteiger partial charge in [-0.05, 0) is 43.1 Å². The van der Waals surface area contributed by atoms with Gasteiger partial charge >= 0.3 is 0 Å². The summed E-state index contributed by atoms with van der Waals surface area (Å²) in [4.78, 5) is 3.33. The lowest BCUT2D eigenvalue weighted by Gasteiger charge is -2.08. The maximum atomic E-state index is 3.54. The molecule has 1 saturated heterocycles. The molecule has 3 heteroatoms. The zero-order valence-electron chi connectivity index (χ0n) is 8.39. The van der Waals surface area contributed by atoms with Crippen LogP contribution in [0.25, 0.3) is 10.9 Å².